The van der Waals surface area contributed by atoms with Gasteiger partial charge in [-0.05, 0) is 5.56 Å². The van der Waals surface area contributed by atoms with Crippen LogP contribution < -0.4 is 20.5 Å². The summed E-state index contributed by atoms with van der Waals surface area (Å²) in [5.41, 5.74) is 6.57. The van der Waals surface area contributed by atoms with E-state index in [4.69, 9.17) is 15.2 Å². The second-order valence-corrected chi connectivity index (χ2v) is 3.72. The summed E-state index contributed by atoms with van der Waals surface area (Å²) in [6, 6.07) is 5.39. The van der Waals surface area contributed by atoms with Crippen LogP contribution in [0.4, 0.5) is 11.8 Å². The quantitative estimate of drug-likeness (QED) is 0.831. The number of anilines is 2. The topological polar surface area (TPSA) is 95.2 Å². The molecular formula is C12H15N5O2. The highest BCUT2D eigenvalue weighted by Crippen LogP contribution is 2.15. The van der Waals surface area contributed by atoms with Gasteiger partial charge in [0.25, 0.3) is 0 Å². The summed E-state index contributed by atoms with van der Waals surface area (Å²) in [6.45, 7) is 0.566. The third-order valence-electron chi connectivity index (χ3n) is 2.41. The fraction of sp³-hybridized carbons (Fsp3) is 0.250. The van der Waals surface area contributed by atoms with Crippen LogP contribution in [-0.2, 0) is 6.54 Å². The fourth-order valence-corrected chi connectivity index (χ4v) is 1.47. The van der Waals surface area contributed by atoms with Crippen LogP contribution in [0.15, 0.2) is 24.4 Å². The third kappa shape index (κ3) is 3.44. The van der Waals surface area contributed by atoms with E-state index in [1.165, 1.54) is 7.11 Å². The molecule has 0 radical (unpaired) electrons. The molecule has 0 unspecified atom stereocenters. The smallest absolute Gasteiger partial charge is 0.225 e. The van der Waals surface area contributed by atoms with Crippen LogP contribution >= 0.6 is 0 Å². The van der Waals surface area contributed by atoms with Crippen LogP contribution in [0, 0.1) is 0 Å². The normalized spacial score (nSPS) is 10.0. The zero-order chi connectivity index (χ0) is 13.7. The first-order valence-corrected chi connectivity index (χ1v) is 5.62. The van der Waals surface area contributed by atoms with Gasteiger partial charge in [0.05, 0.1) is 14.2 Å². The Kier molecular flexibility index (Phi) is 3.97. The number of ether oxygens (including phenoxy) is 2. The highest BCUT2D eigenvalue weighted by Gasteiger charge is 2.02. The van der Waals surface area contributed by atoms with Gasteiger partial charge in [-0.15, -0.1) is 0 Å². The van der Waals surface area contributed by atoms with E-state index >= 15 is 0 Å². The predicted octanol–water partition coefficient (Wildman–Crippen LogP) is 1.08. The van der Waals surface area contributed by atoms with Crippen molar-refractivity contribution in [1.29, 1.82) is 0 Å². The van der Waals surface area contributed by atoms with E-state index in [-0.39, 0.29) is 5.95 Å². The minimum absolute atomic E-state index is 0.162. The molecule has 2 aromatic rings. The Morgan fingerprint density at radius 3 is 2.58 bits per heavy atom. The Bertz CT molecular complexity index is 544. The maximum Gasteiger partial charge on any atom is 0.225 e. The number of rotatable bonds is 5. The molecule has 0 saturated carbocycles. The van der Waals surface area contributed by atoms with Crippen LogP contribution in [0.5, 0.6) is 11.8 Å². The Morgan fingerprint density at radius 2 is 1.95 bits per heavy atom. The highest BCUT2D eigenvalue weighted by atomic mass is 16.5. The lowest BCUT2D eigenvalue weighted by molar-refractivity contribution is 0.397. The van der Waals surface area contributed by atoms with Crippen molar-refractivity contribution in [2.45, 2.75) is 6.54 Å². The first-order chi connectivity index (χ1) is 9.21. The van der Waals surface area contributed by atoms with Crippen molar-refractivity contribution < 1.29 is 9.47 Å². The van der Waals surface area contributed by atoms with E-state index in [2.05, 4.69) is 20.3 Å². The second-order valence-electron chi connectivity index (χ2n) is 3.72. The summed E-state index contributed by atoms with van der Waals surface area (Å²) in [5.74, 6) is 1.76. The first-order valence-electron chi connectivity index (χ1n) is 5.62. The number of nitrogens with two attached hydrogens (primary N) is 1. The van der Waals surface area contributed by atoms with Gasteiger partial charge in [0.1, 0.15) is 5.82 Å². The number of nitrogens with zero attached hydrogens (tertiary/aromatic N) is 3. The van der Waals surface area contributed by atoms with Crippen LogP contribution in [-0.4, -0.2) is 29.2 Å². The molecule has 3 N–H and O–H groups in total. The molecule has 19 heavy (non-hydrogen) atoms. The summed E-state index contributed by atoms with van der Waals surface area (Å²) < 4.78 is 10.0. The fourth-order valence-electron chi connectivity index (χ4n) is 1.47. The summed E-state index contributed by atoms with van der Waals surface area (Å²) in [7, 11) is 3.11. The number of hydrogen-bond donors (Lipinski definition) is 2. The summed E-state index contributed by atoms with van der Waals surface area (Å²) in [5, 5.41) is 3.12. The van der Waals surface area contributed by atoms with E-state index in [9.17, 15) is 0 Å². The van der Waals surface area contributed by atoms with Gasteiger partial charge in [-0.3, -0.25) is 0 Å². The van der Waals surface area contributed by atoms with Gasteiger partial charge in [0, 0.05) is 24.9 Å². The Morgan fingerprint density at radius 1 is 1.16 bits per heavy atom. The lowest BCUT2D eigenvalue weighted by Gasteiger charge is -2.08. The van der Waals surface area contributed by atoms with Crippen molar-refractivity contribution >= 4 is 11.8 Å². The number of nitrogen functional groups attached to an aromatic ring is 1. The van der Waals surface area contributed by atoms with Crippen molar-refractivity contribution in [2.75, 3.05) is 25.3 Å². The molecule has 0 fully saturated rings. The molecule has 0 amide bonds. The number of methoxy groups -OCH3 is 2. The van der Waals surface area contributed by atoms with Crippen LogP contribution in [0.1, 0.15) is 5.56 Å². The van der Waals surface area contributed by atoms with Crippen molar-refractivity contribution in [3.05, 3.63) is 30.0 Å². The minimum atomic E-state index is 0.162. The monoisotopic (exact) mass is 261 g/mol. The van der Waals surface area contributed by atoms with E-state index in [1.54, 1.807) is 25.4 Å². The molecular weight excluding hydrogens is 246 g/mol. The molecule has 2 rings (SSSR count). The zero-order valence-electron chi connectivity index (χ0n) is 10.8. The highest BCUT2D eigenvalue weighted by molar-refractivity contribution is 5.43. The predicted molar refractivity (Wildman–Crippen MR) is 71.1 cm³/mol. The van der Waals surface area contributed by atoms with E-state index in [1.807, 2.05) is 6.07 Å². The molecule has 0 aliphatic rings. The van der Waals surface area contributed by atoms with Gasteiger partial charge in [0.15, 0.2) is 0 Å². The minimum Gasteiger partial charge on any atom is -0.481 e. The molecule has 0 atom stereocenters. The van der Waals surface area contributed by atoms with Gasteiger partial charge in [-0.2, -0.15) is 9.97 Å². The van der Waals surface area contributed by atoms with E-state index < -0.39 is 0 Å². The molecule has 0 spiro atoms. The van der Waals surface area contributed by atoms with E-state index in [0.29, 0.717) is 24.1 Å². The van der Waals surface area contributed by atoms with Crippen molar-refractivity contribution in [2.24, 2.45) is 0 Å². The second kappa shape index (κ2) is 5.85. The molecule has 0 bridgehead atoms. The van der Waals surface area contributed by atoms with Gasteiger partial charge < -0.3 is 20.5 Å². The van der Waals surface area contributed by atoms with Gasteiger partial charge in [0.2, 0.25) is 17.7 Å². The van der Waals surface area contributed by atoms with Gasteiger partial charge in [-0.25, -0.2) is 4.98 Å². The van der Waals surface area contributed by atoms with Crippen LogP contribution in [0.25, 0.3) is 0 Å². The number of pyridine rings is 1. The maximum absolute atomic E-state index is 5.57. The molecule has 0 aliphatic carbocycles. The standard InChI is InChI=1S/C12H15N5O2/c1-18-10-4-3-8(7-15-10)6-14-9-5-11(19-2)17-12(13)16-9/h3-5,7H,6H2,1-2H3,(H3,13,14,16,17). The lowest BCUT2D eigenvalue weighted by Crippen LogP contribution is -2.05. The Balaban J connectivity index is 2.03. The Hall–Kier alpha value is -2.57. The van der Waals surface area contributed by atoms with Crippen molar-refractivity contribution in [3.63, 3.8) is 0 Å². The van der Waals surface area contributed by atoms with Gasteiger partial charge in [-0.1, -0.05) is 6.07 Å². The van der Waals surface area contributed by atoms with Crippen LogP contribution in [0.2, 0.25) is 0 Å². The van der Waals surface area contributed by atoms with Gasteiger partial charge >= 0.3 is 0 Å². The molecule has 7 nitrogen and oxygen atoms in total. The summed E-state index contributed by atoms with van der Waals surface area (Å²) in [4.78, 5) is 12.1. The molecule has 0 aromatic carbocycles. The zero-order valence-corrected chi connectivity index (χ0v) is 10.8. The SMILES string of the molecule is COc1ccc(CNc2cc(OC)nc(N)n2)cn1. The molecule has 0 saturated heterocycles. The van der Waals surface area contributed by atoms with E-state index in [0.717, 1.165) is 5.56 Å². The lowest BCUT2D eigenvalue weighted by atomic mass is 10.3. The first kappa shape index (κ1) is 12.9. The number of nitrogens with one attached hydrogen (secondary N) is 1. The maximum atomic E-state index is 5.57. The largest absolute Gasteiger partial charge is 0.481 e. The van der Waals surface area contributed by atoms with Crippen molar-refractivity contribution in [3.8, 4) is 11.8 Å². The summed E-state index contributed by atoms with van der Waals surface area (Å²) in [6.07, 6.45) is 1.73. The number of hydrogen-bond acceptors (Lipinski definition) is 7. The molecule has 2 heterocycles. The molecule has 7 heteroatoms. The number of aromatic nitrogens is 3. The molecule has 100 valence electrons. The average Bonchev–Trinajstić information content (AvgIpc) is 2.45. The van der Waals surface area contributed by atoms with Crippen molar-refractivity contribution in [1.82, 2.24) is 15.0 Å². The molecule has 0 aliphatic heterocycles. The summed E-state index contributed by atoms with van der Waals surface area (Å²) >= 11 is 0. The Labute approximate surface area is 110 Å². The molecule has 2 aromatic heterocycles. The van der Waals surface area contributed by atoms with Crippen LogP contribution in [0.3, 0.4) is 0 Å². The average molecular weight is 261 g/mol. The third-order valence-corrected chi connectivity index (χ3v) is 2.41.